The van der Waals surface area contributed by atoms with Gasteiger partial charge in [0.25, 0.3) is 11.8 Å². The molecule has 2 heterocycles. The Morgan fingerprint density at radius 1 is 1.22 bits per heavy atom. The van der Waals surface area contributed by atoms with Crippen LogP contribution in [0.25, 0.3) is 0 Å². The lowest BCUT2D eigenvalue weighted by molar-refractivity contribution is -0.129. The number of aliphatic hydroxyl groups excluding tert-OH is 1. The summed E-state index contributed by atoms with van der Waals surface area (Å²) in [6, 6.07) is 7.01. The summed E-state index contributed by atoms with van der Waals surface area (Å²) in [5, 5.41) is 13.9. The van der Waals surface area contributed by atoms with Crippen LogP contribution in [0.2, 0.25) is 5.02 Å². The molecule has 2 aliphatic heterocycles. The second-order valence-electron chi connectivity index (χ2n) is 9.53. The zero-order valence-electron chi connectivity index (χ0n) is 19.4. The number of fused-ring (bicyclic) bond motifs is 1. The summed E-state index contributed by atoms with van der Waals surface area (Å²) >= 11 is 12.2. The maximum absolute atomic E-state index is 13.7. The van der Waals surface area contributed by atoms with Gasteiger partial charge < -0.3 is 21.1 Å². The number of nitrogens with two attached hydrogens (primary N) is 1. The Morgan fingerprint density at radius 2 is 1.89 bits per heavy atom. The summed E-state index contributed by atoms with van der Waals surface area (Å²) in [6.45, 7) is 5.30. The van der Waals surface area contributed by atoms with Crippen molar-refractivity contribution in [2.24, 2.45) is 11.1 Å². The predicted octanol–water partition coefficient (Wildman–Crippen LogP) is 4.45. The van der Waals surface area contributed by atoms with E-state index in [9.17, 15) is 27.5 Å². The number of nitrogens with one attached hydrogen (secondary N) is 1. The van der Waals surface area contributed by atoms with Gasteiger partial charge in [0.15, 0.2) is 4.36 Å². The Morgan fingerprint density at radius 3 is 2.47 bits per heavy atom. The number of carbonyl (C=O) groups excluding carboxylic acids is 2. The van der Waals surface area contributed by atoms with Crippen LogP contribution in [0.15, 0.2) is 62.7 Å². The van der Waals surface area contributed by atoms with Gasteiger partial charge in [-0.25, -0.2) is 12.8 Å². The Labute approximate surface area is 217 Å². The second kappa shape index (κ2) is 8.79. The van der Waals surface area contributed by atoms with Gasteiger partial charge in [-0.3, -0.25) is 9.59 Å². The number of hydrogen-bond donors (Lipinski definition) is 3. The fourth-order valence-corrected chi connectivity index (χ4v) is 6.32. The summed E-state index contributed by atoms with van der Waals surface area (Å²) < 4.78 is 39.4. The summed E-state index contributed by atoms with van der Waals surface area (Å²) in [6.07, 6.45) is 0. The highest BCUT2D eigenvalue weighted by Gasteiger charge is 2.49. The molecule has 0 unspecified atom stereocenters. The highest BCUT2D eigenvalue weighted by Crippen LogP contribution is 2.45. The van der Waals surface area contributed by atoms with Crippen LogP contribution in [-0.4, -0.2) is 36.3 Å². The molecular weight excluding hydrogens is 532 g/mol. The summed E-state index contributed by atoms with van der Waals surface area (Å²) in [5.74, 6) is -2.65. The van der Waals surface area contributed by atoms with Crippen LogP contribution in [0, 0.1) is 11.2 Å². The summed E-state index contributed by atoms with van der Waals surface area (Å²) in [5.41, 5.74) is 4.21. The van der Waals surface area contributed by atoms with E-state index in [4.69, 9.17) is 28.9 Å². The van der Waals surface area contributed by atoms with Crippen molar-refractivity contribution < 1.29 is 27.5 Å². The molecular formula is C24H22Cl2FN3O5S. The number of para-hydroxylation sites is 1. The first-order chi connectivity index (χ1) is 16.7. The number of hydrogen-bond acceptors (Lipinski definition) is 6. The molecule has 0 spiro atoms. The molecule has 0 fully saturated rings. The van der Waals surface area contributed by atoms with Crippen LogP contribution in [0.1, 0.15) is 36.7 Å². The fourth-order valence-electron chi connectivity index (χ4n) is 4.42. The van der Waals surface area contributed by atoms with Gasteiger partial charge in [-0.15, -0.1) is 0 Å². The van der Waals surface area contributed by atoms with Crippen LogP contribution < -0.4 is 11.1 Å². The van der Waals surface area contributed by atoms with Gasteiger partial charge >= 0.3 is 0 Å². The molecule has 0 bridgehead atoms. The van der Waals surface area contributed by atoms with E-state index in [1.54, 1.807) is 20.8 Å². The first-order valence-electron chi connectivity index (χ1n) is 10.7. The van der Waals surface area contributed by atoms with Crippen molar-refractivity contribution in [1.29, 1.82) is 0 Å². The molecule has 2 amide bonds. The van der Waals surface area contributed by atoms with Gasteiger partial charge in [-0.2, -0.15) is 0 Å². The fraction of sp³-hybridized carbons (Fsp3) is 0.250. The van der Waals surface area contributed by atoms with Crippen molar-refractivity contribution in [2.45, 2.75) is 38.3 Å². The van der Waals surface area contributed by atoms with Crippen LogP contribution in [0.3, 0.4) is 0 Å². The van der Waals surface area contributed by atoms with E-state index in [-0.39, 0.29) is 39.0 Å². The first kappa shape index (κ1) is 26.0. The molecule has 4 N–H and O–H groups in total. The third kappa shape index (κ3) is 4.12. The lowest BCUT2D eigenvalue weighted by Crippen LogP contribution is -2.43. The number of halogens is 3. The van der Waals surface area contributed by atoms with E-state index in [2.05, 4.69) is 5.32 Å². The monoisotopic (exact) mass is 553 g/mol. The lowest BCUT2D eigenvalue weighted by atomic mass is 9.85. The van der Waals surface area contributed by atoms with Crippen molar-refractivity contribution in [3.63, 3.8) is 0 Å². The highest BCUT2D eigenvalue weighted by atomic mass is 35.5. The van der Waals surface area contributed by atoms with E-state index in [0.717, 1.165) is 6.07 Å². The Kier molecular flexibility index (Phi) is 6.35. The minimum atomic E-state index is -4.35. The maximum Gasteiger partial charge on any atom is 0.260 e. The summed E-state index contributed by atoms with van der Waals surface area (Å²) in [7, 11) is -4.35. The molecule has 0 saturated carbocycles. The Bertz CT molecular complexity index is 1500. The third-order valence-corrected chi connectivity index (χ3v) is 8.66. The van der Waals surface area contributed by atoms with Crippen molar-refractivity contribution in [3.05, 3.63) is 79.8 Å². The largest absolute Gasteiger partial charge is 0.509 e. The first-order valence-corrected chi connectivity index (χ1v) is 12.9. The van der Waals surface area contributed by atoms with Crippen molar-refractivity contribution in [3.8, 4) is 0 Å². The van der Waals surface area contributed by atoms with Crippen LogP contribution >= 0.6 is 23.2 Å². The molecule has 12 heteroatoms. The van der Waals surface area contributed by atoms with Crippen molar-refractivity contribution in [2.75, 3.05) is 5.32 Å². The molecule has 0 radical (unpaired) electrons. The average molecular weight is 554 g/mol. The lowest BCUT2D eigenvalue weighted by Gasteiger charge is -2.35. The highest BCUT2D eigenvalue weighted by molar-refractivity contribution is 7.97. The van der Waals surface area contributed by atoms with Gasteiger partial charge in [-0.05, 0) is 35.2 Å². The third-order valence-electron chi connectivity index (χ3n) is 5.97. The number of amides is 2. The number of benzene rings is 2. The summed E-state index contributed by atoms with van der Waals surface area (Å²) in [4.78, 5) is 26.7. The molecule has 4 rings (SSSR count). The van der Waals surface area contributed by atoms with Crippen molar-refractivity contribution >= 4 is 50.5 Å². The van der Waals surface area contributed by atoms with Gasteiger partial charge in [-0.1, -0.05) is 56.1 Å². The van der Waals surface area contributed by atoms with Crippen molar-refractivity contribution in [1.82, 2.24) is 4.90 Å². The molecule has 0 aliphatic carbocycles. The van der Waals surface area contributed by atoms with E-state index < -0.39 is 49.0 Å². The molecule has 190 valence electrons. The number of nitrogens with zero attached hydrogens (tertiary/aromatic N) is 1. The van der Waals surface area contributed by atoms with E-state index in [1.165, 1.54) is 35.2 Å². The van der Waals surface area contributed by atoms with Crippen LogP contribution in [0.5, 0.6) is 0 Å². The van der Waals surface area contributed by atoms with Crippen LogP contribution in [0.4, 0.5) is 10.1 Å². The zero-order valence-corrected chi connectivity index (χ0v) is 21.7. The number of sulfone groups is 1. The minimum absolute atomic E-state index is 0.0604. The normalized spacial score (nSPS) is 19.4. The molecule has 36 heavy (non-hydrogen) atoms. The number of aliphatic hydroxyl groups is 1. The topological polar surface area (TPSA) is 130 Å². The SMILES string of the molecule is CC(C)(C)[C@H]1C(O)=C(C2=C(Cl)S(=O)(=O)c3cccc(C(N)=O)c3N2)C(=O)N1Cc1ccc(F)c(Cl)c1. The van der Waals surface area contributed by atoms with E-state index in [0.29, 0.717) is 5.56 Å². The predicted molar refractivity (Wildman–Crippen MR) is 134 cm³/mol. The van der Waals surface area contributed by atoms with E-state index in [1.807, 2.05) is 0 Å². The zero-order chi connectivity index (χ0) is 26.7. The van der Waals surface area contributed by atoms with Gasteiger partial charge in [0, 0.05) is 6.54 Å². The molecule has 0 saturated heterocycles. The van der Waals surface area contributed by atoms with Gasteiger partial charge in [0.1, 0.15) is 17.1 Å². The van der Waals surface area contributed by atoms with Gasteiger partial charge in [0.2, 0.25) is 9.84 Å². The number of anilines is 1. The van der Waals surface area contributed by atoms with Crippen LogP contribution in [-0.2, 0) is 21.2 Å². The molecule has 8 nitrogen and oxygen atoms in total. The second-order valence-corrected chi connectivity index (χ2v) is 12.4. The molecule has 0 aromatic heterocycles. The standard InChI is InChI=1S/C24H22Cl2FN3O5S/c1-24(2,3)20-19(31)16(23(33)30(20)10-11-7-8-14(27)13(25)9-11)18-21(26)36(34,35)15-6-4-5-12(22(28)32)17(15)29-18/h4-9,20,29,31H,10H2,1-3H3,(H2,28,32)/t20-/m1/s1. The maximum atomic E-state index is 13.7. The number of primary amides is 1. The number of rotatable bonds is 4. The average Bonchev–Trinajstić information content (AvgIpc) is 3.02. The van der Waals surface area contributed by atoms with E-state index >= 15 is 0 Å². The smallest absolute Gasteiger partial charge is 0.260 e. The molecule has 2 aliphatic rings. The molecule has 2 aromatic carbocycles. The quantitative estimate of drug-likeness (QED) is 0.512. The van der Waals surface area contributed by atoms with Gasteiger partial charge in [0.05, 0.1) is 32.9 Å². The molecule has 2 aromatic rings. The Balaban J connectivity index is 1.87. The number of carbonyl (C=O) groups is 2. The molecule has 1 atom stereocenters. The Hall–Kier alpha value is -3.08. The minimum Gasteiger partial charge on any atom is -0.509 e.